The second kappa shape index (κ2) is 5.75. The number of rotatable bonds is 4. The first kappa shape index (κ1) is 14.7. The molecule has 0 atom stereocenters. The van der Waals surface area contributed by atoms with Crippen molar-refractivity contribution >= 4 is 22.8 Å². The number of benzene rings is 2. The Morgan fingerprint density at radius 2 is 1.81 bits per heavy atom. The Bertz CT molecular complexity index is 710. The minimum absolute atomic E-state index is 0.122. The van der Waals surface area contributed by atoms with Crippen molar-refractivity contribution in [2.45, 2.75) is 13.8 Å². The van der Waals surface area contributed by atoms with Crippen LogP contribution in [0.15, 0.2) is 42.5 Å². The van der Waals surface area contributed by atoms with Crippen LogP contribution in [-0.2, 0) is 0 Å². The zero-order valence-corrected chi connectivity index (χ0v) is 12.2. The summed E-state index contributed by atoms with van der Waals surface area (Å²) >= 11 is 0. The number of carbonyl (C=O) groups is 1. The summed E-state index contributed by atoms with van der Waals surface area (Å²) in [5, 5.41) is 11.0. The number of Topliss-reactive ketones (excluding diaryl/α,β-unsaturated/α-hetero) is 1. The number of nitro groups is 1. The SMILES string of the molecule is CC(=O)c1cc(N(C)c2cccc(C)c2)ccc1[N+](=O)[O-]. The van der Waals surface area contributed by atoms with Gasteiger partial charge in [0.05, 0.1) is 10.5 Å². The molecule has 0 aliphatic heterocycles. The highest BCUT2D eigenvalue weighted by molar-refractivity contribution is 5.99. The van der Waals surface area contributed by atoms with Crippen LogP contribution in [0, 0.1) is 17.0 Å². The lowest BCUT2D eigenvalue weighted by atomic mass is 10.1. The van der Waals surface area contributed by atoms with E-state index in [1.54, 1.807) is 12.1 Å². The molecule has 2 aromatic carbocycles. The maximum Gasteiger partial charge on any atom is 0.280 e. The summed E-state index contributed by atoms with van der Waals surface area (Å²) in [4.78, 5) is 23.9. The number of ketones is 1. The van der Waals surface area contributed by atoms with Gasteiger partial charge >= 0.3 is 0 Å². The highest BCUT2D eigenvalue weighted by Crippen LogP contribution is 2.29. The lowest BCUT2D eigenvalue weighted by molar-refractivity contribution is -0.385. The number of hydrogen-bond acceptors (Lipinski definition) is 4. The second-order valence-corrected chi connectivity index (χ2v) is 4.91. The Hall–Kier alpha value is -2.69. The van der Waals surface area contributed by atoms with Gasteiger partial charge in [0, 0.05) is 24.5 Å². The van der Waals surface area contributed by atoms with Gasteiger partial charge in [0.1, 0.15) is 0 Å². The maximum atomic E-state index is 11.6. The average Bonchev–Trinajstić information content (AvgIpc) is 2.45. The van der Waals surface area contributed by atoms with Gasteiger partial charge in [-0.15, -0.1) is 0 Å². The first-order valence-corrected chi connectivity index (χ1v) is 6.50. The zero-order valence-electron chi connectivity index (χ0n) is 12.2. The molecular weight excluding hydrogens is 268 g/mol. The van der Waals surface area contributed by atoms with Gasteiger partial charge in [-0.1, -0.05) is 12.1 Å². The van der Waals surface area contributed by atoms with E-state index in [1.165, 1.54) is 13.0 Å². The fourth-order valence-electron chi connectivity index (χ4n) is 2.16. The van der Waals surface area contributed by atoms with Gasteiger partial charge in [0.15, 0.2) is 5.78 Å². The van der Waals surface area contributed by atoms with E-state index in [0.717, 1.165) is 16.9 Å². The summed E-state index contributed by atoms with van der Waals surface area (Å²) in [6.07, 6.45) is 0. The predicted molar refractivity (Wildman–Crippen MR) is 82.3 cm³/mol. The molecule has 0 aliphatic carbocycles. The smallest absolute Gasteiger partial charge is 0.280 e. The van der Waals surface area contributed by atoms with Gasteiger partial charge in [-0.25, -0.2) is 0 Å². The molecule has 0 bridgehead atoms. The number of aryl methyl sites for hydroxylation is 1. The van der Waals surface area contributed by atoms with E-state index in [1.807, 2.05) is 43.1 Å². The van der Waals surface area contributed by atoms with Crippen molar-refractivity contribution in [1.29, 1.82) is 0 Å². The van der Waals surface area contributed by atoms with Crippen LogP contribution >= 0.6 is 0 Å². The monoisotopic (exact) mass is 284 g/mol. The zero-order chi connectivity index (χ0) is 15.6. The van der Waals surface area contributed by atoms with Crippen LogP contribution in [0.3, 0.4) is 0 Å². The molecule has 2 rings (SSSR count). The third-order valence-electron chi connectivity index (χ3n) is 3.33. The molecule has 21 heavy (non-hydrogen) atoms. The van der Waals surface area contributed by atoms with Crippen LogP contribution < -0.4 is 4.90 Å². The van der Waals surface area contributed by atoms with Gasteiger partial charge in [-0.2, -0.15) is 0 Å². The van der Waals surface area contributed by atoms with E-state index < -0.39 is 4.92 Å². The van der Waals surface area contributed by atoms with Crippen LogP contribution in [0.5, 0.6) is 0 Å². The fourth-order valence-corrected chi connectivity index (χ4v) is 2.16. The molecule has 0 aromatic heterocycles. The van der Waals surface area contributed by atoms with E-state index in [9.17, 15) is 14.9 Å². The predicted octanol–water partition coefficient (Wildman–Crippen LogP) is 3.87. The van der Waals surface area contributed by atoms with E-state index >= 15 is 0 Å². The Labute approximate surface area is 123 Å². The Balaban J connectivity index is 2.47. The molecule has 0 unspecified atom stereocenters. The van der Waals surface area contributed by atoms with E-state index in [0.29, 0.717) is 0 Å². The Morgan fingerprint density at radius 3 is 2.38 bits per heavy atom. The molecule has 108 valence electrons. The summed E-state index contributed by atoms with van der Waals surface area (Å²) in [5.74, 6) is -0.318. The lowest BCUT2D eigenvalue weighted by Gasteiger charge is -2.20. The maximum absolute atomic E-state index is 11.6. The van der Waals surface area contributed by atoms with Crippen LogP contribution in [0.1, 0.15) is 22.8 Å². The first-order chi connectivity index (χ1) is 9.90. The third-order valence-corrected chi connectivity index (χ3v) is 3.33. The second-order valence-electron chi connectivity index (χ2n) is 4.91. The Kier molecular flexibility index (Phi) is 4.03. The molecule has 0 N–H and O–H groups in total. The van der Waals surface area contributed by atoms with Gasteiger partial charge in [-0.05, 0) is 43.7 Å². The number of nitrogens with zero attached hydrogens (tertiary/aromatic N) is 2. The summed E-state index contributed by atoms with van der Waals surface area (Å²) in [7, 11) is 1.86. The molecule has 0 saturated carbocycles. The van der Waals surface area contributed by atoms with Gasteiger partial charge in [0.2, 0.25) is 0 Å². The molecular formula is C16H16N2O3. The minimum Gasteiger partial charge on any atom is -0.345 e. The van der Waals surface area contributed by atoms with Crippen molar-refractivity contribution < 1.29 is 9.72 Å². The Morgan fingerprint density at radius 1 is 1.14 bits per heavy atom. The minimum atomic E-state index is -0.535. The average molecular weight is 284 g/mol. The molecule has 0 heterocycles. The van der Waals surface area contributed by atoms with Crippen molar-refractivity contribution in [1.82, 2.24) is 0 Å². The first-order valence-electron chi connectivity index (χ1n) is 6.50. The van der Waals surface area contributed by atoms with Gasteiger partial charge in [-0.3, -0.25) is 14.9 Å². The largest absolute Gasteiger partial charge is 0.345 e. The van der Waals surface area contributed by atoms with E-state index in [4.69, 9.17) is 0 Å². The highest BCUT2D eigenvalue weighted by Gasteiger charge is 2.19. The van der Waals surface area contributed by atoms with Crippen LogP contribution in [0.4, 0.5) is 17.1 Å². The van der Waals surface area contributed by atoms with Gasteiger partial charge < -0.3 is 4.90 Å². The number of anilines is 2. The van der Waals surface area contributed by atoms with Crippen molar-refractivity contribution in [3.63, 3.8) is 0 Å². The third kappa shape index (κ3) is 3.08. The molecule has 0 radical (unpaired) electrons. The number of carbonyl (C=O) groups excluding carboxylic acids is 1. The molecule has 5 nitrogen and oxygen atoms in total. The highest BCUT2D eigenvalue weighted by atomic mass is 16.6. The van der Waals surface area contributed by atoms with Crippen LogP contribution in [0.25, 0.3) is 0 Å². The fraction of sp³-hybridized carbons (Fsp3) is 0.188. The standard InChI is InChI=1S/C16H16N2O3/c1-11-5-4-6-13(9-11)17(3)14-7-8-16(18(20)21)15(10-14)12(2)19/h4-10H,1-3H3. The van der Waals surface area contributed by atoms with Crippen molar-refractivity contribution in [3.8, 4) is 0 Å². The van der Waals surface area contributed by atoms with Crippen LogP contribution in [0.2, 0.25) is 0 Å². The molecule has 0 aliphatic rings. The van der Waals surface area contributed by atoms with Gasteiger partial charge in [0.25, 0.3) is 5.69 Å². The quantitative estimate of drug-likeness (QED) is 0.485. The molecule has 0 fully saturated rings. The summed E-state index contributed by atoms with van der Waals surface area (Å²) in [5.41, 5.74) is 2.77. The van der Waals surface area contributed by atoms with Crippen LogP contribution in [-0.4, -0.2) is 17.8 Å². The normalized spacial score (nSPS) is 10.2. The summed E-state index contributed by atoms with van der Waals surface area (Å²) < 4.78 is 0. The topological polar surface area (TPSA) is 63.5 Å². The number of hydrogen-bond donors (Lipinski definition) is 0. The van der Waals surface area contributed by atoms with E-state index in [2.05, 4.69) is 0 Å². The van der Waals surface area contributed by atoms with E-state index in [-0.39, 0.29) is 17.0 Å². The lowest BCUT2D eigenvalue weighted by Crippen LogP contribution is -2.11. The van der Waals surface area contributed by atoms with Crippen molar-refractivity contribution in [2.75, 3.05) is 11.9 Å². The summed E-state index contributed by atoms with van der Waals surface area (Å²) in [6, 6.07) is 12.5. The molecule has 0 spiro atoms. The van der Waals surface area contributed by atoms with Crippen molar-refractivity contribution in [3.05, 3.63) is 63.7 Å². The molecule has 0 saturated heterocycles. The van der Waals surface area contributed by atoms with Crippen molar-refractivity contribution in [2.24, 2.45) is 0 Å². The number of nitro benzene ring substituents is 1. The molecule has 2 aromatic rings. The summed E-state index contributed by atoms with van der Waals surface area (Å²) in [6.45, 7) is 3.33. The molecule has 0 amide bonds. The molecule has 5 heteroatoms.